The first-order chi connectivity index (χ1) is 15.3. The number of hydrogen-bond acceptors (Lipinski definition) is 2. The highest BCUT2D eigenvalue weighted by Gasteiger charge is 2.52. The number of hydrogen-bond donors (Lipinski definition) is 0. The highest BCUT2D eigenvalue weighted by molar-refractivity contribution is 8.01. The van der Waals surface area contributed by atoms with E-state index in [0.717, 1.165) is 16.8 Å². The molecule has 0 atom stereocenters. The molecule has 3 heteroatoms. The van der Waals surface area contributed by atoms with Crippen molar-refractivity contribution >= 4 is 28.6 Å². The zero-order valence-electron chi connectivity index (χ0n) is 17.3. The van der Waals surface area contributed by atoms with E-state index in [1.807, 2.05) is 25.1 Å². The van der Waals surface area contributed by atoms with Crippen LogP contribution in [0.2, 0.25) is 0 Å². The summed E-state index contributed by atoms with van der Waals surface area (Å²) in [5.41, 5.74) is 2.06. The number of nitrogens with zero attached hydrogens (tertiary/aromatic N) is 1. The Morgan fingerprint density at radius 1 is 0.548 bits per heavy atom. The van der Waals surface area contributed by atoms with E-state index in [9.17, 15) is 0 Å². The molecule has 0 spiro atoms. The van der Waals surface area contributed by atoms with E-state index >= 15 is 0 Å². The number of aryl methyl sites for hydroxylation is 1. The zero-order chi connectivity index (χ0) is 21.1. The summed E-state index contributed by atoms with van der Waals surface area (Å²) in [6.07, 6.45) is 0. The average molecular weight is 420 g/mol. The van der Waals surface area contributed by atoms with Crippen LogP contribution in [0.1, 0.15) is 5.89 Å². The predicted molar refractivity (Wildman–Crippen MR) is 131 cm³/mol. The molecule has 5 aromatic rings. The van der Waals surface area contributed by atoms with E-state index in [0.29, 0.717) is 5.89 Å². The van der Waals surface area contributed by atoms with Crippen molar-refractivity contribution in [2.75, 3.05) is 0 Å². The summed E-state index contributed by atoms with van der Waals surface area (Å²) in [7, 11) is -2.29. The van der Waals surface area contributed by atoms with Crippen LogP contribution < -0.4 is 21.3 Å². The normalized spacial score (nSPS) is 11.4. The van der Waals surface area contributed by atoms with E-state index < -0.39 is 7.26 Å². The summed E-state index contributed by atoms with van der Waals surface area (Å²) in [5.74, 6) is 1.53. The highest BCUT2D eigenvalue weighted by atomic mass is 31.2. The molecule has 150 valence electrons. The van der Waals surface area contributed by atoms with Crippen LogP contribution in [0.5, 0.6) is 0 Å². The zero-order valence-corrected chi connectivity index (χ0v) is 18.2. The lowest BCUT2D eigenvalue weighted by Crippen LogP contribution is -2.40. The van der Waals surface area contributed by atoms with Crippen LogP contribution in [-0.2, 0) is 0 Å². The average Bonchev–Trinajstić information content (AvgIpc) is 3.24. The molecule has 0 aliphatic heterocycles. The molecule has 4 aromatic carbocycles. The Morgan fingerprint density at radius 3 is 1.35 bits per heavy atom. The first-order valence-corrected chi connectivity index (χ1v) is 12.2. The van der Waals surface area contributed by atoms with Gasteiger partial charge in [0.15, 0.2) is 18.9 Å². The topological polar surface area (TPSA) is 26.0 Å². The van der Waals surface area contributed by atoms with Gasteiger partial charge in [-0.3, -0.25) is 0 Å². The SMILES string of the molecule is Cc1nc([P+](c2ccccc2)(c2ccccc2)c2ccccc2)c(-c2ccccc2)o1. The summed E-state index contributed by atoms with van der Waals surface area (Å²) < 4.78 is 6.29. The van der Waals surface area contributed by atoms with Gasteiger partial charge in [0, 0.05) is 12.5 Å². The fourth-order valence-corrected chi connectivity index (χ4v) is 8.45. The maximum Gasteiger partial charge on any atom is 0.244 e. The van der Waals surface area contributed by atoms with E-state index in [4.69, 9.17) is 9.40 Å². The summed E-state index contributed by atoms with van der Waals surface area (Å²) >= 11 is 0. The molecule has 2 nitrogen and oxygen atoms in total. The van der Waals surface area contributed by atoms with Gasteiger partial charge < -0.3 is 4.42 Å². The Kier molecular flexibility index (Phi) is 5.24. The van der Waals surface area contributed by atoms with Crippen LogP contribution in [0.25, 0.3) is 11.3 Å². The molecule has 0 saturated carbocycles. The lowest BCUT2D eigenvalue weighted by Gasteiger charge is -2.25. The second kappa shape index (κ2) is 8.34. The van der Waals surface area contributed by atoms with E-state index in [1.54, 1.807) is 0 Å². The largest absolute Gasteiger partial charge is 0.437 e. The molecule has 5 rings (SSSR count). The molecule has 0 unspecified atom stereocenters. The minimum atomic E-state index is -2.29. The second-order valence-corrected chi connectivity index (χ2v) is 10.7. The van der Waals surface area contributed by atoms with Gasteiger partial charge in [-0.2, -0.15) is 4.98 Å². The third-order valence-electron chi connectivity index (χ3n) is 5.50. The van der Waals surface area contributed by atoms with Crippen molar-refractivity contribution in [2.45, 2.75) is 6.92 Å². The van der Waals surface area contributed by atoms with Gasteiger partial charge in [-0.05, 0) is 36.4 Å². The summed E-state index contributed by atoms with van der Waals surface area (Å²) in [6, 6.07) is 42.6. The van der Waals surface area contributed by atoms with E-state index in [2.05, 4.69) is 103 Å². The number of aromatic nitrogens is 1. The van der Waals surface area contributed by atoms with Crippen molar-refractivity contribution in [3.05, 3.63) is 127 Å². The van der Waals surface area contributed by atoms with Crippen molar-refractivity contribution in [1.82, 2.24) is 4.98 Å². The molecule has 1 aromatic heterocycles. The Balaban J connectivity index is 1.94. The van der Waals surface area contributed by atoms with Crippen molar-refractivity contribution in [2.24, 2.45) is 0 Å². The van der Waals surface area contributed by atoms with Gasteiger partial charge in [-0.1, -0.05) is 84.9 Å². The Bertz CT molecular complexity index is 1170. The van der Waals surface area contributed by atoms with Gasteiger partial charge >= 0.3 is 0 Å². The first kappa shape index (κ1) is 19.5. The standard InChI is InChI=1S/C28H23NOP/c1-22-29-28(27(30-22)23-14-6-2-7-15-23)31(24-16-8-3-9-17-24,25-18-10-4-11-19-25)26-20-12-5-13-21-26/h2-21H,1H3/q+1. The minimum Gasteiger partial charge on any atom is -0.437 e. The van der Waals surface area contributed by atoms with Crippen LogP contribution in [0.15, 0.2) is 126 Å². The van der Waals surface area contributed by atoms with Crippen molar-refractivity contribution in [1.29, 1.82) is 0 Å². The summed E-state index contributed by atoms with van der Waals surface area (Å²) in [4.78, 5) is 5.07. The number of benzene rings is 4. The van der Waals surface area contributed by atoms with Crippen LogP contribution in [-0.4, -0.2) is 4.98 Å². The highest BCUT2D eigenvalue weighted by Crippen LogP contribution is 2.55. The van der Waals surface area contributed by atoms with Crippen LogP contribution in [0.4, 0.5) is 0 Å². The van der Waals surface area contributed by atoms with Gasteiger partial charge in [-0.15, -0.1) is 0 Å². The molecule has 0 fully saturated rings. The molecule has 0 amide bonds. The Hall–Kier alpha value is -3.48. The fourth-order valence-electron chi connectivity index (χ4n) is 4.19. The summed E-state index contributed by atoms with van der Waals surface area (Å²) in [6.45, 7) is 1.94. The number of rotatable bonds is 5. The molecule has 31 heavy (non-hydrogen) atoms. The quantitative estimate of drug-likeness (QED) is 0.362. The maximum absolute atomic E-state index is 6.29. The smallest absolute Gasteiger partial charge is 0.244 e. The van der Waals surface area contributed by atoms with E-state index in [-0.39, 0.29) is 0 Å². The van der Waals surface area contributed by atoms with Gasteiger partial charge in [0.05, 0.1) is 0 Å². The molecule has 0 bridgehead atoms. The van der Waals surface area contributed by atoms with Crippen molar-refractivity contribution < 1.29 is 4.42 Å². The molecular formula is C28H23NOP+. The minimum absolute atomic E-state index is 0.682. The Morgan fingerprint density at radius 2 is 0.935 bits per heavy atom. The maximum atomic E-state index is 6.29. The van der Waals surface area contributed by atoms with Crippen LogP contribution in [0, 0.1) is 6.92 Å². The third kappa shape index (κ3) is 3.40. The third-order valence-corrected chi connectivity index (χ3v) is 9.66. The lowest BCUT2D eigenvalue weighted by molar-refractivity contribution is 0.534. The van der Waals surface area contributed by atoms with Gasteiger partial charge in [0.2, 0.25) is 5.44 Å². The molecule has 1 heterocycles. The molecule has 0 saturated heterocycles. The second-order valence-electron chi connectivity index (χ2n) is 7.43. The molecule has 0 aliphatic rings. The molecule has 0 N–H and O–H groups in total. The van der Waals surface area contributed by atoms with Crippen LogP contribution >= 0.6 is 7.26 Å². The van der Waals surface area contributed by atoms with Crippen molar-refractivity contribution in [3.8, 4) is 11.3 Å². The van der Waals surface area contributed by atoms with Crippen LogP contribution in [0.3, 0.4) is 0 Å². The van der Waals surface area contributed by atoms with Gasteiger partial charge in [0.1, 0.15) is 15.9 Å². The monoisotopic (exact) mass is 420 g/mol. The van der Waals surface area contributed by atoms with Crippen molar-refractivity contribution in [3.63, 3.8) is 0 Å². The summed E-state index contributed by atoms with van der Waals surface area (Å²) in [5, 5.41) is 3.79. The molecule has 0 radical (unpaired) electrons. The van der Waals surface area contributed by atoms with Gasteiger partial charge in [0.25, 0.3) is 0 Å². The van der Waals surface area contributed by atoms with Gasteiger partial charge in [-0.25, -0.2) is 0 Å². The molecule has 0 aliphatic carbocycles. The number of oxazole rings is 1. The lowest BCUT2D eigenvalue weighted by atomic mass is 10.2. The predicted octanol–water partition coefficient (Wildman–Crippen LogP) is 5.27. The fraction of sp³-hybridized carbons (Fsp3) is 0.0357. The Labute approximate surface area is 183 Å². The van der Waals surface area contributed by atoms with E-state index in [1.165, 1.54) is 15.9 Å². The molecular weight excluding hydrogens is 397 g/mol. The first-order valence-electron chi connectivity index (χ1n) is 10.4.